The van der Waals surface area contributed by atoms with Gasteiger partial charge in [-0.3, -0.25) is 0 Å². The van der Waals surface area contributed by atoms with E-state index < -0.39 is 0 Å². The minimum absolute atomic E-state index is 0.00411. The molecule has 1 aliphatic heterocycles. The summed E-state index contributed by atoms with van der Waals surface area (Å²) in [7, 11) is 12.6. The standard InChI is InChI=1S/C44H55N4S2/c1-43(2,38-15-9-11-17-40(38)45-5)29-13-14-34-19-24-36(25-20-34)46(6)30-32-49-50-33-31-47(7)37-26-21-35(22-27-37)23-28-42-44(3,4)39-16-10-12-18-41(39)48(42)8/h9-28,45H,29-33H2,1-8H3/q+1/p+1/b14-13+. The Kier molecular flexibility index (Phi) is 12.8. The summed E-state index contributed by atoms with van der Waals surface area (Å²) in [6.45, 7) is 11.3. The number of quaternary nitrogens is 1. The van der Waals surface area contributed by atoms with E-state index in [-0.39, 0.29) is 10.8 Å². The lowest BCUT2D eigenvalue weighted by Crippen LogP contribution is -2.73. The lowest BCUT2D eigenvalue weighted by molar-refractivity contribution is -0.540. The number of benzene rings is 4. The van der Waals surface area contributed by atoms with E-state index in [0.717, 1.165) is 31.0 Å². The third-order valence-corrected chi connectivity index (χ3v) is 12.4. The maximum atomic E-state index is 2.35. The molecular weight excluding hydrogens is 649 g/mol. The quantitative estimate of drug-likeness (QED) is 0.0544. The summed E-state index contributed by atoms with van der Waals surface area (Å²) >= 11 is 0. The van der Waals surface area contributed by atoms with Crippen LogP contribution in [0.4, 0.5) is 22.7 Å². The van der Waals surface area contributed by atoms with Gasteiger partial charge in [0.1, 0.15) is 12.7 Å². The van der Waals surface area contributed by atoms with E-state index in [2.05, 4.69) is 197 Å². The Labute approximate surface area is 309 Å². The highest BCUT2D eigenvalue weighted by Crippen LogP contribution is 2.39. The number of nitrogens with two attached hydrogens (primary N) is 1. The number of hydrogen-bond donors (Lipinski definition) is 1. The second kappa shape index (κ2) is 17.0. The second-order valence-corrected chi connectivity index (χ2v) is 17.2. The first-order valence-corrected chi connectivity index (χ1v) is 20.3. The largest absolute Gasteiger partial charge is 0.374 e. The Morgan fingerprint density at radius 2 is 1.26 bits per heavy atom. The van der Waals surface area contributed by atoms with Crippen LogP contribution in [0.5, 0.6) is 0 Å². The number of nitrogens with zero attached hydrogens (tertiary/aromatic N) is 3. The number of anilines is 2. The van der Waals surface area contributed by atoms with Crippen LogP contribution < -0.4 is 15.1 Å². The monoisotopic (exact) mass is 704 g/mol. The summed E-state index contributed by atoms with van der Waals surface area (Å²) in [6.07, 6.45) is 10.1. The van der Waals surface area contributed by atoms with Crippen molar-refractivity contribution < 1.29 is 9.89 Å². The molecule has 0 aromatic heterocycles. The summed E-state index contributed by atoms with van der Waals surface area (Å²) in [4.78, 5) is 4.71. The van der Waals surface area contributed by atoms with Gasteiger partial charge in [0.25, 0.3) is 0 Å². The predicted octanol–water partition coefficient (Wildman–Crippen LogP) is 9.57. The Hall–Kier alpha value is -3.71. The first-order chi connectivity index (χ1) is 24.0. The molecular formula is C44H56N4S2+2. The fourth-order valence-electron chi connectivity index (χ4n) is 6.85. The highest BCUT2D eigenvalue weighted by molar-refractivity contribution is 8.76. The van der Waals surface area contributed by atoms with Crippen LogP contribution in [0.3, 0.4) is 0 Å². The number of fused-ring (bicyclic) bond motifs is 1. The molecule has 0 radical (unpaired) electrons. The zero-order chi connectivity index (χ0) is 35.7. The lowest BCUT2D eigenvalue weighted by Gasteiger charge is -2.24. The van der Waals surface area contributed by atoms with Gasteiger partial charge in [-0.05, 0) is 73.2 Å². The molecule has 0 atom stereocenters. The zero-order valence-corrected chi connectivity index (χ0v) is 33.0. The van der Waals surface area contributed by atoms with Gasteiger partial charge in [0.2, 0.25) is 5.69 Å². The zero-order valence-electron chi connectivity index (χ0n) is 31.3. The summed E-state index contributed by atoms with van der Waals surface area (Å²) in [5, 5.41) is 2.21. The van der Waals surface area contributed by atoms with Gasteiger partial charge in [0.05, 0.1) is 12.5 Å². The molecule has 4 nitrogen and oxygen atoms in total. The van der Waals surface area contributed by atoms with Gasteiger partial charge >= 0.3 is 0 Å². The normalized spacial score (nSPS) is 14.2. The molecule has 4 aromatic carbocycles. The number of allylic oxidation sites excluding steroid dienone is 2. The Morgan fingerprint density at radius 1 is 0.720 bits per heavy atom. The van der Waals surface area contributed by atoms with Gasteiger partial charge in [-0.2, -0.15) is 4.58 Å². The predicted molar refractivity (Wildman–Crippen MR) is 224 cm³/mol. The van der Waals surface area contributed by atoms with Crippen molar-refractivity contribution in [3.8, 4) is 0 Å². The SMILES string of the molecule is C[NH2+]c1ccccc1C(C)(C)C/C=C/c1ccc(N(C)CCSSCCN(C)c2ccc(/C=C/C3=[N+](C)c4ccccc4C3(C)C)cc2)cc1. The maximum Gasteiger partial charge on any atom is 0.209 e. The van der Waals surface area contributed by atoms with Crippen molar-refractivity contribution in [3.05, 3.63) is 131 Å². The van der Waals surface area contributed by atoms with Crippen LogP contribution in [0.25, 0.3) is 12.2 Å². The van der Waals surface area contributed by atoms with Crippen LogP contribution in [0.15, 0.2) is 109 Å². The fourth-order valence-corrected chi connectivity index (χ4v) is 8.93. The van der Waals surface area contributed by atoms with Crippen molar-refractivity contribution in [2.75, 3.05) is 62.6 Å². The van der Waals surface area contributed by atoms with E-state index in [1.807, 2.05) is 21.6 Å². The van der Waals surface area contributed by atoms with Crippen LogP contribution in [0, 0.1) is 0 Å². The highest BCUT2D eigenvalue weighted by Gasteiger charge is 2.42. The van der Waals surface area contributed by atoms with Gasteiger partial charge < -0.3 is 15.1 Å². The van der Waals surface area contributed by atoms with Gasteiger partial charge in [-0.15, -0.1) is 0 Å². The molecule has 50 heavy (non-hydrogen) atoms. The molecule has 262 valence electrons. The van der Waals surface area contributed by atoms with E-state index in [0.29, 0.717) is 0 Å². The molecule has 0 saturated heterocycles. The molecule has 5 rings (SSSR count). The van der Waals surface area contributed by atoms with Crippen molar-refractivity contribution >= 4 is 62.2 Å². The summed E-state index contributed by atoms with van der Waals surface area (Å²) in [5.74, 6) is 2.18. The van der Waals surface area contributed by atoms with Gasteiger partial charge in [-0.1, -0.05) is 108 Å². The first-order valence-electron chi connectivity index (χ1n) is 17.8. The molecule has 0 fully saturated rings. The fraction of sp³-hybridized carbons (Fsp3) is 0.341. The minimum Gasteiger partial charge on any atom is -0.374 e. The van der Waals surface area contributed by atoms with Crippen LogP contribution in [0.2, 0.25) is 0 Å². The summed E-state index contributed by atoms with van der Waals surface area (Å²) in [6, 6.07) is 35.4. The summed E-state index contributed by atoms with van der Waals surface area (Å²) < 4.78 is 2.33. The van der Waals surface area contributed by atoms with E-state index in [9.17, 15) is 0 Å². The smallest absolute Gasteiger partial charge is 0.209 e. The molecule has 6 heteroatoms. The molecule has 0 amide bonds. The molecule has 0 spiro atoms. The van der Waals surface area contributed by atoms with Crippen molar-refractivity contribution in [2.45, 2.75) is 44.9 Å². The average molecular weight is 705 g/mol. The molecule has 4 aromatic rings. The van der Waals surface area contributed by atoms with Crippen LogP contribution >= 0.6 is 21.6 Å². The maximum absolute atomic E-state index is 2.35. The topological polar surface area (TPSA) is 26.1 Å². The molecule has 1 heterocycles. The van der Waals surface area contributed by atoms with E-state index >= 15 is 0 Å². The Morgan fingerprint density at radius 3 is 1.84 bits per heavy atom. The Bertz CT molecular complexity index is 1800. The number of hydrogen-bond acceptors (Lipinski definition) is 4. The van der Waals surface area contributed by atoms with Crippen LogP contribution in [0.1, 0.15) is 56.4 Å². The van der Waals surface area contributed by atoms with Crippen molar-refractivity contribution in [1.29, 1.82) is 0 Å². The molecule has 0 saturated carbocycles. The third-order valence-electron chi connectivity index (χ3n) is 10.1. The van der Waals surface area contributed by atoms with Crippen molar-refractivity contribution in [3.63, 3.8) is 0 Å². The molecule has 0 bridgehead atoms. The highest BCUT2D eigenvalue weighted by atomic mass is 33.1. The van der Waals surface area contributed by atoms with E-state index in [1.54, 1.807) is 0 Å². The second-order valence-electron chi connectivity index (χ2n) is 14.5. The Balaban J connectivity index is 1.00. The minimum atomic E-state index is -0.00411. The van der Waals surface area contributed by atoms with Crippen LogP contribution in [-0.2, 0) is 10.8 Å². The van der Waals surface area contributed by atoms with Gasteiger partial charge in [-0.25, -0.2) is 0 Å². The molecule has 1 aliphatic rings. The molecule has 0 unspecified atom stereocenters. The number of rotatable bonds is 16. The average Bonchev–Trinajstić information content (AvgIpc) is 3.32. The van der Waals surface area contributed by atoms with Gasteiger partial charge in [0.15, 0.2) is 5.71 Å². The molecule has 0 aliphatic carbocycles. The van der Waals surface area contributed by atoms with E-state index in [4.69, 9.17) is 0 Å². The number of para-hydroxylation sites is 2. The van der Waals surface area contributed by atoms with Crippen LogP contribution in [-0.4, -0.2) is 63.1 Å². The third kappa shape index (κ3) is 9.14. The lowest BCUT2D eigenvalue weighted by atomic mass is 9.80. The van der Waals surface area contributed by atoms with Crippen molar-refractivity contribution in [1.82, 2.24) is 0 Å². The summed E-state index contributed by atoms with van der Waals surface area (Å²) in [5.41, 5.74) is 11.8. The molecule has 2 N–H and O–H groups in total. The first kappa shape index (κ1) is 37.5. The van der Waals surface area contributed by atoms with Gasteiger partial charge in [0, 0.05) is 73.3 Å². The van der Waals surface area contributed by atoms with E-state index in [1.165, 1.54) is 50.7 Å². The van der Waals surface area contributed by atoms with Crippen molar-refractivity contribution in [2.24, 2.45) is 0 Å².